The van der Waals surface area contributed by atoms with Crippen LogP contribution in [-0.2, 0) is 19.0 Å². The molecule has 0 bridgehead atoms. The van der Waals surface area contributed by atoms with Gasteiger partial charge in [-0.05, 0) is 63.5 Å². The van der Waals surface area contributed by atoms with E-state index in [2.05, 4.69) is 6.92 Å². The smallest absolute Gasteiger partial charge is 0.303 e. The Morgan fingerprint density at radius 2 is 1.92 bits per heavy atom. The lowest BCUT2D eigenvalue weighted by atomic mass is 9.56. The predicted molar refractivity (Wildman–Crippen MR) is 92.4 cm³/mol. The molecule has 0 amide bonds. The van der Waals surface area contributed by atoms with Crippen LogP contribution in [-0.4, -0.2) is 29.6 Å². The summed E-state index contributed by atoms with van der Waals surface area (Å²) in [6, 6.07) is 0. The van der Waals surface area contributed by atoms with Gasteiger partial charge in [0.2, 0.25) is 0 Å². The maximum atomic E-state index is 13.4. The molecule has 1 spiro atoms. The van der Waals surface area contributed by atoms with E-state index in [-0.39, 0.29) is 23.3 Å². The van der Waals surface area contributed by atoms with Gasteiger partial charge in [-0.3, -0.25) is 4.79 Å². The minimum Gasteiger partial charge on any atom is -0.455 e. The highest BCUT2D eigenvalue weighted by molar-refractivity contribution is 5.66. The molecule has 1 heterocycles. The summed E-state index contributed by atoms with van der Waals surface area (Å²) in [5, 5.41) is 0. The number of hydrogen-bond donors (Lipinski definition) is 0. The van der Waals surface area contributed by atoms with Crippen molar-refractivity contribution in [2.75, 3.05) is 0 Å². The molecule has 146 valence electrons. The molecule has 26 heavy (non-hydrogen) atoms. The van der Waals surface area contributed by atoms with Gasteiger partial charge in [-0.25, -0.2) is 0 Å². The van der Waals surface area contributed by atoms with Crippen molar-refractivity contribution < 1.29 is 27.8 Å². The van der Waals surface area contributed by atoms with Gasteiger partial charge in [-0.1, -0.05) is 13.0 Å². The number of carbonyl (C=O) groups is 1. The lowest BCUT2D eigenvalue weighted by Crippen LogP contribution is -2.62. The molecule has 1 unspecified atom stereocenters. The molecule has 4 nitrogen and oxygen atoms in total. The number of esters is 1. The highest BCUT2D eigenvalue weighted by atomic mass is 19.3. The first-order valence-corrected chi connectivity index (χ1v) is 9.25. The Morgan fingerprint density at radius 3 is 2.50 bits per heavy atom. The molecule has 2 aliphatic carbocycles. The van der Waals surface area contributed by atoms with Crippen LogP contribution in [0.15, 0.2) is 23.3 Å². The summed E-state index contributed by atoms with van der Waals surface area (Å²) in [5.74, 6) is -1.73. The molecule has 0 radical (unpaired) electrons. The molecular formula is C20H28F2O4. The normalized spacial score (nSPS) is 40.9. The second kappa shape index (κ2) is 6.41. The van der Waals surface area contributed by atoms with Gasteiger partial charge < -0.3 is 14.2 Å². The summed E-state index contributed by atoms with van der Waals surface area (Å²) < 4.78 is 45.1. The van der Waals surface area contributed by atoms with Crippen LogP contribution < -0.4 is 0 Å². The topological polar surface area (TPSA) is 44.8 Å². The van der Waals surface area contributed by atoms with E-state index in [4.69, 9.17) is 14.2 Å². The number of allylic oxidation sites excluding steroid dienone is 1. The molecule has 0 aromatic rings. The maximum absolute atomic E-state index is 13.4. The van der Waals surface area contributed by atoms with Crippen LogP contribution in [0.5, 0.6) is 0 Å². The monoisotopic (exact) mass is 370 g/mol. The van der Waals surface area contributed by atoms with Crippen LogP contribution in [0, 0.1) is 17.8 Å². The Hall–Kier alpha value is -1.27. The molecule has 3 aliphatic rings. The van der Waals surface area contributed by atoms with E-state index in [1.807, 2.05) is 26.8 Å². The van der Waals surface area contributed by atoms with E-state index < -0.39 is 35.6 Å². The van der Waals surface area contributed by atoms with Crippen molar-refractivity contribution in [3.63, 3.8) is 0 Å². The van der Waals surface area contributed by atoms with Crippen molar-refractivity contribution in [2.24, 2.45) is 17.8 Å². The lowest BCUT2D eigenvalue weighted by Gasteiger charge is -2.54. The van der Waals surface area contributed by atoms with Crippen LogP contribution in [0.2, 0.25) is 0 Å². The summed E-state index contributed by atoms with van der Waals surface area (Å²) in [6.45, 7) is 10.5. The number of rotatable bonds is 2. The maximum Gasteiger partial charge on any atom is 0.303 e. The molecule has 0 aromatic heterocycles. The van der Waals surface area contributed by atoms with Crippen molar-refractivity contribution in [3.8, 4) is 0 Å². The third kappa shape index (κ3) is 2.91. The largest absolute Gasteiger partial charge is 0.455 e. The minimum absolute atomic E-state index is 0.0911. The fourth-order valence-electron chi connectivity index (χ4n) is 5.14. The van der Waals surface area contributed by atoms with Gasteiger partial charge in [0.25, 0.3) is 6.08 Å². The van der Waals surface area contributed by atoms with Gasteiger partial charge in [0.15, 0.2) is 11.9 Å². The Morgan fingerprint density at radius 1 is 1.27 bits per heavy atom. The second-order valence-electron chi connectivity index (χ2n) is 8.39. The molecule has 6 heteroatoms. The lowest BCUT2D eigenvalue weighted by molar-refractivity contribution is -0.193. The predicted octanol–water partition coefficient (Wildman–Crippen LogP) is 4.60. The summed E-state index contributed by atoms with van der Waals surface area (Å²) in [7, 11) is 0. The minimum atomic E-state index is -1.62. The van der Waals surface area contributed by atoms with Gasteiger partial charge in [0, 0.05) is 12.8 Å². The van der Waals surface area contributed by atoms with Crippen molar-refractivity contribution in [1.29, 1.82) is 0 Å². The molecule has 1 saturated heterocycles. The molecule has 3 rings (SSSR count). The summed E-state index contributed by atoms with van der Waals surface area (Å²) in [5.41, 5.74) is 0.157. The van der Waals surface area contributed by atoms with Crippen molar-refractivity contribution in [3.05, 3.63) is 23.3 Å². The van der Waals surface area contributed by atoms with Crippen LogP contribution in [0.4, 0.5) is 8.78 Å². The van der Waals surface area contributed by atoms with Gasteiger partial charge in [0.1, 0.15) is 11.7 Å². The molecule has 0 N–H and O–H groups in total. The molecule has 0 aromatic carbocycles. The molecule has 2 fully saturated rings. The zero-order valence-corrected chi connectivity index (χ0v) is 16.3. The number of ether oxygens (including phenoxy) is 3. The Kier molecular flexibility index (Phi) is 4.81. The van der Waals surface area contributed by atoms with Gasteiger partial charge in [-0.2, -0.15) is 8.78 Å². The van der Waals surface area contributed by atoms with E-state index in [0.717, 1.165) is 12.0 Å². The highest BCUT2D eigenvalue weighted by Crippen LogP contribution is 2.59. The molecular weight excluding hydrogens is 342 g/mol. The first kappa shape index (κ1) is 19.5. The van der Waals surface area contributed by atoms with Crippen molar-refractivity contribution in [1.82, 2.24) is 0 Å². The third-order valence-electron chi connectivity index (χ3n) is 6.23. The fraction of sp³-hybridized carbons (Fsp3) is 0.750. The van der Waals surface area contributed by atoms with Crippen LogP contribution in [0.1, 0.15) is 54.4 Å². The van der Waals surface area contributed by atoms with Gasteiger partial charge >= 0.3 is 5.97 Å². The van der Waals surface area contributed by atoms with E-state index >= 15 is 0 Å². The van der Waals surface area contributed by atoms with Gasteiger partial charge in [-0.15, -0.1) is 0 Å². The highest BCUT2D eigenvalue weighted by Gasteiger charge is 2.67. The second-order valence-corrected chi connectivity index (χ2v) is 8.39. The van der Waals surface area contributed by atoms with Crippen molar-refractivity contribution in [2.45, 2.75) is 78.0 Å². The van der Waals surface area contributed by atoms with Crippen molar-refractivity contribution >= 4 is 5.97 Å². The molecule has 1 aliphatic heterocycles. The Labute approximate surface area is 153 Å². The van der Waals surface area contributed by atoms with Crippen LogP contribution >= 0.6 is 0 Å². The third-order valence-corrected chi connectivity index (χ3v) is 6.23. The van der Waals surface area contributed by atoms with E-state index in [9.17, 15) is 13.6 Å². The number of hydrogen-bond acceptors (Lipinski definition) is 4. The first-order valence-electron chi connectivity index (χ1n) is 9.25. The van der Waals surface area contributed by atoms with Crippen LogP contribution in [0.25, 0.3) is 0 Å². The summed E-state index contributed by atoms with van der Waals surface area (Å²) in [6.07, 6.45) is 0.705. The quantitative estimate of drug-likeness (QED) is 0.526. The molecule has 6 atom stereocenters. The van der Waals surface area contributed by atoms with Gasteiger partial charge in [0.05, 0.1) is 0 Å². The zero-order valence-electron chi connectivity index (χ0n) is 16.3. The molecule has 1 saturated carbocycles. The fourth-order valence-corrected chi connectivity index (χ4v) is 5.14. The average molecular weight is 370 g/mol. The number of halogens is 2. The average Bonchev–Trinajstić information content (AvgIpc) is 2.81. The van der Waals surface area contributed by atoms with E-state index in [1.165, 1.54) is 13.8 Å². The Bertz CT molecular complexity index is 665. The standard InChI is InChI=1S/C20H28F2O4/c1-10-9-15-14(12(3)18(21)22)8-7-11(2)20(15)17(16(10)24-13(4)23)25-19(5,6)26-20/h9,11,14-17H,7-8H2,1-6H3/t11-,14-,15?,16+,17-,20-/m0/s1. The first-order chi connectivity index (χ1) is 12.0. The SMILES string of the molecule is CC(=O)O[C@@H]1C(C)=CC2[C@H](C(C)=C(F)F)CC[C@H](C)[C@]23OC(C)(C)O[C@@H]13. The van der Waals surface area contributed by atoms with E-state index in [1.54, 1.807) is 0 Å². The summed E-state index contributed by atoms with van der Waals surface area (Å²) in [4.78, 5) is 11.7. The summed E-state index contributed by atoms with van der Waals surface area (Å²) >= 11 is 0. The number of carbonyl (C=O) groups excluding carboxylic acids is 1. The Balaban J connectivity index is 2.15. The zero-order chi connectivity index (χ0) is 19.4. The van der Waals surface area contributed by atoms with Crippen LogP contribution in [0.3, 0.4) is 0 Å². The van der Waals surface area contributed by atoms with E-state index in [0.29, 0.717) is 6.42 Å².